The van der Waals surface area contributed by atoms with Crippen molar-refractivity contribution in [1.29, 1.82) is 0 Å². The fourth-order valence-electron chi connectivity index (χ4n) is 1.20. The SMILES string of the molecule is Fc1ccc(F)c([I+]c2cc(F)ccc2F)c1. The van der Waals surface area contributed by atoms with Gasteiger partial charge in [-0.3, -0.25) is 0 Å². The number of halogens is 5. The van der Waals surface area contributed by atoms with Gasteiger partial charge in [-0.1, -0.05) is 0 Å². The van der Waals surface area contributed by atoms with Crippen molar-refractivity contribution in [3.8, 4) is 0 Å². The summed E-state index contributed by atoms with van der Waals surface area (Å²) >= 11 is -1.28. The van der Waals surface area contributed by atoms with Crippen LogP contribution in [0.5, 0.6) is 0 Å². The third-order valence-corrected chi connectivity index (χ3v) is 4.78. The van der Waals surface area contributed by atoms with E-state index >= 15 is 0 Å². The van der Waals surface area contributed by atoms with Crippen LogP contribution < -0.4 is 21.2 Å². The van der Waals surface area contributed by atoms with Gasteiger partial charge >= 0.3 is 21.2 Å². The predicted octanol–water partition coefficient (Wildman–Crippen LogP) is 0.371. The second-order valence-corrected chi connectivity index (χ2v) is 6.08. The summed E-state index contributed by atoms with van der Waals surface area (Å²) in [5.74, 6) is -2.36. The number of hydrogen-bond donors (Lipinski definition) is 0. The average molecular weight is 353 g/mol. The Morgan fingerprint density at radius 1 is 0.647 bits per heavy atom. The summed E-state index contributed by atoms with van der Waals surface area (Å²) in [6.45, 7) is 0. The van der Waals surface area contributed by atoms with E-state index < -0.39 is 44.5 Å². The molecule has 88 valence electrons. The average Bonchev–Trinajstić information content (AvgIpc) is 2.28. The molecule has 0 aliphatic heterocycles. The molecule has 0 heterocycles. The summed E-state index contributed by atoms with van der Waals surface area (Å²) in [6.07, 6.45) is 0. The Kier molecular flexibility index (Phi) is 3.66. The molecule has 0 nitrogen and oxygen atoms in total. The quantitative estimate of drug-likeness (QED) is 0.416. The van der Waals surface area contributed by atoms with Gasteiger partial charge in [0.2, 0.25) is 7.14 Å². The highest BCUT2D eigenvalue weighted by Gasteiger charge is 2.25. The van der Waals surface area contributed by atoms with Gasteiger partial charge < -0.3 is 0 Å². The van der Waals surface area contributed by atoms with Gasteiger partial charge in [0, 0.05) is 12.1 Å². The fraction of sp³-hybridized carbons (Fsp3) is 0. The molecule has 0 aliphatic rings. The summed E-state index contributed by atoms with van der Waals surface area (Å²) in [6, 6.07) is 6.00. The van der Waals surface area contributed by atoms with Crippen LogP contribution in [0.4, 0.5) is 17.6 Å². The molecule has 17 heavy (non-hydrogen) atoms. The van der Waals surface area contributed by atoms with Gasteiger partial charge in [-0.25, -0.2) is 17.6 Å². The first-order valence-electron chi connectivity index (χ1n) is 4.61. The van der Waals surface area contributed by atoms with Crippen LogP contribution in [-0.4, -0.2) is 0 Å². The van der Waals surface area contributed by atoms with Gasteiger partial charge in [-0.15, -0.1) is 0 Å². The van der Waals surface area contributed by atoms with Crippen molar-refractivity contribution in [3.63, 3.8) is 0 Å². The lowest BCUT2D eigenvalue weighted by atomic mass is 10.3. The summed E-state index contributed by atoms with van der Waals surface area (Å²) in [7, 11) is 0. The molecule has 0 atom stereocenters. The Labute approximate surface area is 106 Å². The standard InChI is InChI=1S/C12H6F4I/c13-7-1-3-9(15)11(5-7)17-12-6-8(14)2-4-10(12)16/h1-6H/q+1. The molecule has 0 aliphatic carbocycles. The van der Waals surface area contributed by atoms with E-state index in [0.29, 0.717) is 0 Å². The molecule has 0 saturated heterocycles. The first kappa shape index (κ1) is 12.3. The molecule has 0 unspecified atom stereocenters. The molecule has 0 radical (unpaired) electrons. The number of hydrogen-bond acceptors (Lipinski definition) is 0. The van der Waals surface area contributed by atoms with Crippen molar-refractivity contribution in [2.75, 3.05) is 0 Å². The lowest BCUT2D eigenvalue weighted by Gasteiger charge is -1.93. The van der Waals surface area contributed by atoms with Crippen LogP contribution in [0, 0.1) is 30.4 Å². The van der Waals surface area contributed by atoms with Crippen molar-refractivity contribution in [1.82, 2.24) is 0 Å². The van der Waals surface area contributed by atoms with E-state index in [0.717, 1.165) is 36.4 Å². The summed E-state index contributed by atoms with van der Waals surface area (Å²) < 4.78 is 52.7. The third kappa shape index (κ3) is 2.96. The summed E-state index contributed by atoms with van der Waals surface area (Å²) in [5, 5.41) is 0. The molecule has 0 N–H and O–H groups in total. The first-order valence-corrected chi connectivity index (χ1v) is 6.77. The molecule has 0 saturated carbocycles. The van der Waals surface area contributed by atoms with Crippen molar-refractivity contribution in [3.05, 3.63) is 66.8 Å². The van der Waals surface area contributed by atoms with Gasteiger partial charge in [-0.05, 0) is 24.3 Å². The maximum atomic E-state index is 13.3. The van der Waals surface area contributed by atoms with Crippen molar-refractivity contribution < 1.29 is 38.8 Å². The topological polar surface area (TPSA) is 0 Å². The van der Waals surface area contributed by atoms with Crippen LogP contribution in [-0.2, 0) is 0 Å². The highest BCUT2D eigenvalue weighted by molar-refractivity contribution is 5.08. The highest BCUT2D eigenvalue weighted by atomic mass is 127. The van der Waals surface area contributed by atoms with Crippen LogP contribution in [0.1, 0.15) is 0 Å². The van der Waals surface area contributed by atoms with Crippen LogP contribution in [0.2, 0.25) is 0 Å². The Hall–Kier alpha value is -1.11. The monoisotopic (exact) mass is 353 g/mol. The molecule has 0 bridgehead atoms. The largest absolute Gasteiger partial charge is 0.364 e. The van der Waals surface area contributed by atoms with E-state index in [9.17, 15) is 17.6 Å². The van der Waals surface area contributed by atoms with Crippen LogP contribution in [0.25, 0.3) is 0 Å². The van der Waals surface area contributed by atoms with Crippen LogP contribution in [0.15, 0.2) is 36.4 Å². The zero-order valence-corrected chi connectivity index (χ0v) is 10.5. The molecular formula is C12H6F4I+. The molecule has 2 rings (SSSR count). The van der Waals surface area contributed by atoms with E-state index in [2.05, 4.69) is 0 Å². The van der Waals surface area contributed by atoms with Gasteiger partial charge in [0.1, 0.15) is 11.6 Å². The van der Waals surface area contributed by atoms with E-state index in [1.54, 1.807) is 0 Å². The van der Waals surface area contributed by atoms with E-state index in [1.165, 1.54) is 0 Å². The molecule has 0 amide bonds. The Balaban J connectivity index is 2.37. The minimum absolute atomic E-state index is 0.105. The Bertz CT molecular complexity index is 505. The van der Waals surface area contributed by atoms with E-state index in [1.807, 2.05) is 0 Å². The highest BCUT2D eigenvalue weighted by Crippen LogP contribution is 2.02. The van der Waals surface area contributed by atoms with E-state index in [4.69, 9.17) is 0 Å². The van der Waals surface area contributed by atoms with Gasteiger partial charge in [-0.2, -0.15) is 0 Å². The second kappa shape index (κ2) is 5.03. The molecule has 5 heteroatoms. The zero-order valence-electron chi connectivity index (χ0n) is 8.35. The minimum atomic E-state index is -1.28. The number of rotatable bonds is 2. The Morgan fingerprint density at radius 2 is 1.06 bits per heavy atom. The molecule has 2 aromatic carbocycles. The fourth-order valence-corrected chi connectivity index (χ4v) is 3.60. The predicted molar refractivity (Wildman–Crippen MR) is 50.1 cm³/mol. The van der Waals surface area contributed by atoms with Gasteiger partial charge in [0.15, 0.2) is 11.6 Å². The van der Waals surface area contributed by atoms with Gasteiger partial charge in [0.05, 0.1) is 0 Å². The minimum Gasteiger partial charge on any atom is -0.207 e. The summed E-state index contributed by atoms with van der Waals surface area (Å²) in [5.41, 5.74) is 0. The Morgan fingerprint density at radius 3 is 1.47 bits per heavy atom. The maximum absolute atomic E-state index is 13.3. The molecule has 0 fully saturated rings. The first-order chi connectivity index (χ1) is 8.06. The second-order valence-electron chi connectivity index (χ2n) is 3.21. The maximum Gasteiger partial charge on any atom is 0.364 e. The third-order valence-electron chi connectivity index (χ3n) is 1.97. The van der Waals surface area contributed by atoms with Crippen LogP contribution >= 0.6 is 0 Å². The van der Waals surface area contributed by atoms with Gasteiger partial charge in [0.25, 0.3) is 0 Å². The molecule has 0 aromatic heterocycles. The van der Waals surface area contributed by atoms with Crippen molar-refractivity contribution in [2.45, 2.75) is 0 Å². The normalized spacial score (nSPS) is 10.6. The number of benzene rings is 2. The molecular weight excluding hydrogens is 347 g/mol. The van der Waals surface area contributed by atoms with E-state index in [-0.39, 0.29) is 7.14 Å². The lowest BCUT2D eigenvalue weighted by Crippen LogP contribution is -3.62. The van der Waals surface area contributed by atoms with Crippen LogP contribution in [0.3, 0.4) is 0 Å². The lowest BCUT2D eigenvalue weighted by molar-refractivity contribution is -0.603. The summed E-state index contributed by atoms with van der Waals surface area (Å²) in [4.78, 5) is 0. The van der Waals surface area contributed by atoms with Crippen molar-refractivity contribution >= 4 is 0 Å². The zero-order chi connectivity index (χ0) is 12.4. The smallest absolute Gasteiger partial charge is 0.207 e. The molecule has 2 aromatic rings. The molecule has 0 spiro atoms. The van der Waals surface area contributed by atoms with Crippen molar-refractivity contribution in [2.24, 2.45) is 0 Å².